The van der Waals surface area contributed by atoms with E-state index in [1.165, 1.54) is 5.56 Å². The summed E-state index contributed by atoms with van der Waals surface area (Å²) in [5.74, 6) is 1.20. The molecule has 0 saturated heterocycles. The fourth-order valence-electron chi connectivity index (χ4n) is 2.19. The Hall–Kier alpha value is -1.06. The minimum absolute atomic E-state index is 0.00528. The number of hydrogen-bond acceptors (Lipinski definition) is 3. The van der Waals surface area contributed by atoms with Gasteiger partial charge in [0.1, 0.15) is 5.75 Å². The summed E-state index contributed by atoms with van der Waals surface area (Å²) in [6, 6.07) is 5.91. The van der Waals surface area contributed by atoms with Gasteiger partial charge in [-0.25, -0.2) is 0 Å². The van der Waals surface area contributed by atoms with Crippen molar-refractivity contribution in [3.05, 3.63) is 29.3 Å². The summed E-state index contributed by atoms with van der Waals surface area (Å²) in [5, 5.41) is 0. The first-order chi connectivity index (χ1) is 8.51. The Morgan fingerprint density at radius 2 is 1.94 bits per heavy atom. The molecule has 0 radical (unpaired) electrons. The lowest BCUT2D eigenvalue weighted by Gasteiger charge is -2.28. The van der Waals surface area contributed by atoms with Crippen LogP contribution in [0, 0.1) is 12.8 Å². The summed E-state index contributed by atoms with van der Waals surface area (Å²) in [6.07, 6.45) is 0.00528. The van der Waals surface area contributed by atoms with Crippen molar-refractivity contribution in [1.82, 2.24) is 0 Å². The summed E-state index contributed by atoms with van der Waals surface area (Å²) in [6.45, 7) is 8.98. The van der Waals surface area contributed by atoms with E-state index >= 15 is 0 Å². The molecule has 1 aromatic carbocycles. The quantitative estimate of drug-likeness (QED) is 0.845. The molecule has 0 heterocycles. The van der Waals surface area contributed by atoms with Gasteiger partial charge in [0, 0.05) is 12.2 Å². The number of rotatable bonds is 6. The lowest BCUT2D eigenvalue weighted by molar-refractivity contribution is 0.0117. The minimum atomic E-state index is -0.167. The van der Waals surface area contributed by atoms with Crippen molar-refractivity contribution in [2.75, 3.05) is 13.7 Å². The fraction of sp³-hybridized carbons (Fsp3) is 0.600. The van der Waals surface area contributed by atoms with Crippen molar-refractivity contribution in [3.8, 4) is 5.75 Å². The van der Waals surface area contributed by atoms with Gasteiger partial charge in [0.25, 0.3) is 0 Å². The molecule has 3 heteroatoms. The topological polar surface area (TPSA) is 44.5 Å². The number of methoxy groups -OCH3 is 1. The zero-order valence-corrected chi connectivity index (χ0v) is 12.1. The van der Waals surface area contributed by atoms with E-state index in [2.05, 4.69) is 26.8 Å². The molecule has 0 aliphatic heterocycles. The first-order valence-corrected chi connectivity index (χ1v) is 6.53. The maximum atomic E-state index is 6.37. The van der Waals surface area contributed by atoms with Crippen LogP contribution in [0.3, 0.4) is 0 Å². The zero-order valence-electron chi connectivity index (χ0n) is 12.1. The van der Waals surface area contributed by atoms with Gasteiger partial charge in [-0.2, -0.15) is 0 Å². The summed E-state index contributed by atoms with van der Waals surface area (Å²) in [5.41, 5.74) is 8.57. The van der Waals surface area contributed by atoms with E-state index in [0.717, 1.165) is 11.3 Å². The zero-order chi connectivity index (χ0) is 13.7. The third-order valence-electron chi connectivity index (χ3n) is 3.11. The molecule has 2 unspecified atom stereocenters. The van der Waals surface area contributed by atoms with Gasteiger partial charge in [0.15, 0.2) is 0 Å². The Labute approximate surface area is 110 Å². The van der Waals surface area contributed by atoms with Crippen LogP contribution in [0.5, 0.6) is 5.75 Å². The van der Waals surface area contributed by atoms with Crippen LogP contribution in [0.15, 0.2) is 18.2 Å². The molecular formula is C15H25NO2. The van der Waals surface area contributed by atoms with Crippen molar-refractivity contribution in [1.29, 1.82) is 0 Å². The van der Waals surface area contributed by atoms with Crippen molar-refractivity contribution < 1.29 is 9.47 Å². The maximum absolute atomic E-state index is 6.37. The van der Waals surface area contributed by atoms with Gasteiger partial charge in [-0.15, -0.1) is 0 Å². The molecule has 0 saturated carbocycles. The second kappa shape index (κ2) is 6.76. The lowest BCUT2D eigenvalue weighted by Crippen LogP contribution is -2.33. The van der Waals surface area contributed by atoms with Crippen molar-refractivity contribution in [3.63, 3.8) is 0 Å². The maximum Gasteiger partial charge on any atom is 0.123 e. The van der Waals surface area contributed by atoms with Crippen LogP contribution in [-0.2, 0) is 4.74 Å². The summed E-state index contributed by atoms with van der Waals surface area (Å²) >= 11 is 0. The standard InChI is InChI=1S/C15H25NO2/c1-6-18-15(10(2)3)14(16)12-9-11(4)7-8-13(12)17-5/h7-10,14-15H,6,16H2,1-5H3. The van der Waals surface area contributed by atoms with Gasteiger partial charge < -0.3 is 15.2 Å². The van der Waals surface area contributed by atoms with E-state index < -0.39 is 0 Å². The molecule has 102 valence electrons. The normalized spacial score (nSPS) is 14.6. The third kappa shape index (κ3) is 3.47. The van der Waals surface area contributed by atoms with Crippen LogP contribution in [0.4, 0.5) is 0 Å². The van der Waals surface area contributed by atoms with Crippen LogP contribution < -0.4 is 10.5 Å². The molecule has 0 aliphatic rings. The highest BCUT2D eigenvalue weighted by molar-refractivity contribution is 5.39. The average Bonchev–Trinajstić information content (AvgIpc) is 2.34. The third-order valence-corrected chi connectivity index (χ3v) is 3.11. The monoisotopic (exact) mass is 251 g/mol. The molecule has 1 aromatic rings. The highest BCUT2D eigenvalue weighted by Crippen LogP contribution is 2.30. The molecule has 0 spiro atoms. The summed E-state index contributed by atoms with van der Waals surface area (Å²) in [7, 11) is 1.67. The number of ether oxygens (including phenoxy) is 2. The Bertz CT molecular complexity index is 377. The molecule has 0 aromatic heterocycles. The Morgan fingerprint density at radius 3 is 2.44 bits per heavy atom. The van der Waals surface area contributed by atoms with Crippen LogP contribution >= 0.6 is 0 Å². The minimum Gasteiger partial charge on any atom is -0.496 e. The van der Waals surface area contributed by atoms with E-state index in [9.17, 15) is 0 Å². The molecule has 2 N–H and O–H groups in total. The Morgan fingerprint density at radius 1 is 1.28 bits per heavy atom. The van der Waals surface area contributed by atoms with Gasteiger partial charge >= 0.3 is 0 Å². The summed E-state index contributed by atoms with van der Waals surface area (Å²) in [4.78, 5) is 0. The van der Waals surface area contributed by atoms with Gasteiger partial charge in [-0.1, -0.05) is 31.5 Å². The number of hydrogen-bond donors (Lipinski definition) is 1. The van der Waals surface area contributed by atoms with Gasteiger partial charge in [0.2, 0.25) is 0 Å². The van der Waals surface area contributed by atoms with Crippen LogP contribution in [0.2, 0.25) is 0 Å². The number of aryl methyl sites for hydroxylation is 1. The number of benzene rings is 1. The molecule has 0 aliphatic carbocycles. The van der Waals surface area contributed by atoms with E-state index in [0.29, 0.717) is 12.5 Å². The molecule has 0 bridgehead atoms. The van der Waals surface area contributed by atoms with Crippen LogP contribution in [-0.4, -0.2) is 19.8 Å². The second-order valence-electron chi connectivity index (χ2n) is 4.94. The van der Waals surface area contributed by atoms with E-state index in [-0.39, 0.29) is 12.1 Å². The van der Waals surface area contributed by atoms with Gasteiger partial charge in [-0.3, -0.25) is 0 Å². The fourth-order valence-corrected chi connectivity index (χ4v) is 2.19. The predicted molar refractivity (Wildman–Crippen MR) is 74.9 cm³/mol. The summed E-state index contributed by atoms with van der Waals surface area (Å²) < 4.78 is 11.2. The first kappa shape index (κ1) is 15.0. The first-order valence-electron chi connectivity index (χ1n) is 6.53. The largest absolute Gasteiger partial charge is 0.496 e. The lowest BCUT2D eigenvalue weighted by atomic mass is 9.92. The van der Waals surface area contributed by atoms with E-state index in [1.54, 1.807) is 7.11 Å². The predicted octanol–water partition coefficient (Wildman–Crippen LogP) is 3.06. The van der Waals surface area contributed by atoms with Crippen LogP contribution in [0.1, 0.15) is 37.9 Å². The van der Waals surface area contributed by atoms with E-state index in [1.807, 2.05) is 19.1 Å². The average molecular weight is 251 g/mol. The molecule has 1 rings (SSSR count). The van der Waals surface area contributed by atoms with Gasteiger partial charge in [-0.05, 0) is 25.8 Å². The van der Waals surface area contributed by atoms with E-state index in [4.69, 9.17) is 15.2 Å². The molecule has 0 fully saturated rings. The van der Waals surface area contributed by atoms with Gasteiger partial charge in [0.05, 0.1) is 19.3 Å². The Balaban J connectivity index is 3.06. The Kier molecular flexibility index (Phi) is 5.63. The second-order valence-corrected chi connectivity index (χ2v) is 4.94. The highest BCUT2D eigenvalue weighted by Gasteiger charge is 2.25. The molecule has 0 amide bonds. The highest BCUT2D eigenvalue weighted by atomic mass is 16.5. The molecule has 18 heavy (non-hydrogen) atoms. The SMILES string of the molecule is CCOC(C(C)C)C(N)c1cc(C)ccc1OC. The van der Waals surface area contributed by atoms with Crippen molar-refractivity contribution in [2.45, 2.75) is 39.8 Å². The number of nitrogens with two attached hydrogens (primary N) is 1. The molecular weight excluding hydrogens is 226 g/mol. The van der Waals surface area contributed by atoms with Crippen LogP contribution in [0.25, 0.3) is 0 Å². The van der Waals surface area contributed by atoms with Crippen molar-refractivity contribution >= 4 is 0 Å². The smallest absolute Gasteiger partial charge is 0.123 e. The van der Waals surface area contributed by atoms with Crippen molar-refractivity contribution in [2.24, 2.45) is 11.7 Å². The molecule has 2 atom stereocenters. The molecule has 3 nitrogen and oxygen atoms in total.